The van der Waals surface area contributed by atoms with Crippen LogP contribution in [-0.4, -0.2) is 32.1 Å². The molecule has 0 atom stereocenters. The number of urea groups is 1. The van der Waals surface area contributed by atoms with E-state index in [1.165, 1.54) is 7.05 Å². The van der Waals surface area contributed by atoms with Crippen molar-refractivity contribution in [3.63, 3.8) is 0 Å². The second kappa shape index (κ2) is 5.60. The lowest BCUT2D eigenvalue weighted by atomic mass is 10.00. The molecule has 0 aliphatic carbocycles. The third-order valence-corrected chi connectivity index (χ3v) is 3.20. The highest BCUT2D eigenvalue weighted by molar-refractivity contribution is 5.96. The Bertz CT molecular complexity index is 501. The lowest BCUT2D eigenvalue weighted by Crippen LogP contribution is -2.44. The molecule has 1 aromatic rings. The second-order valence-electron chi connectivity index (χ2n) is 4.50. The van der Waals surface area contributed by atoms with Crippen molar-refractivity contribution in [1.29, 1.82) is 0 Å². The largest absolute Gasteiger partial charge is 0.398 e. The summed E-state index contributed by atoms with van der Waals surface area (Å²) in [5, 5.41) is 4.61. The van der Waals surface area contributed by atoms with Gasteiger partial charge in [-0.2, -0.15) is 0 Å². The molecule has 1 heterocycles. The Morgan fingerprint density at radius 1 is 1.42 bits per heavy atom. The van der Waals surface area contributed by atoms with Gasteiger partial charge in [0, 0.05) is 25.0 Å². The van der Waals surface area contributed by atoms with Crippen LogP contribution in [0.1, 0.15) is 12.0 Å². The van der Waals surface area contributed by atoms with E-state index >= 15 is 0 Å². The Balaban J connectivity index is 2.10. The van der Waals surface area contributed by atoms with Crippen LogP contribution in [0.3, 0.4) is 0 Å². The quantitative estimate of drug-likeness (QED) is 0.676. The Morgan fingerprint density at radius 3 is 2.95 bits per heavy atom. The number of nitrogens with two attached hydrogens (primary N) is 1. The molecule has 0 aromatic heterocycles. The zero-order valence-corrected chi connectivity index (χ0v) is 10.9. The summed E-state index contributed by atoms with van der Waals surface area (Å²) in [6.45, 7) is 0.946. The number of nitrogens with zero attached hydrogens (tertiary/aromatic N) is 1. The number of anilines is 2. The van der Waals surface area contributed by atoms with E-state index in [-0.39, 0.29) is 12.5 Å². The second-order valence-corrected chi connectivity index (χ2v) is 4.50. The predicted molar refractivity (Wildman–Crippen MR) is 74.0 cm³/mol. The third kappa shape index (κ3) is 2.96. The first-order valence-electron chi connectivity index (χ1n) is 6.25. The number of nitrogens with one attached hydrogen (secondary N) is 2. The Morgan fingerprint density at radius 2 is 2.21 bits per heavy atom. The molecule has 0 fully saturated rings. The van der Waals surface area contributed by atoms with Crippen molar-refractivity contribution < 1.29 is 9.59 Å². The van der Waals surface area contributed by atoms with Gasteiger partial charge in [0.2, 0.25) is 5.91 Å². The van der Waals surface area contributed by atoms with Gasteiger partial charge in [0.05, 0.1) is 6.54 Å². The zero-order valence-electron chi connectivity index (χ0n) is 10.9. The highest BCUT2D eigenvalue weighted by Gasteiger charge is 2.20. The fourth-order valence-electron chi connectivity index (χ4n) is 2.29. The van der Waals surface area contributed by atoms with Crippen LogP contribution in [0.15, 0.2) is 18.2 Å². The molecule has 0 spiro atoms. The summed E-state index contributed by atoms with van der Waals surface area (Å²) in [5.74, 6) is -0.324. The SMILES string of the molecule is CNC(=O)NC(=O)CN1CCCc2c(N)cccc21. The molecular weight excluding hydrogens is 244 g/mol. The van der Waals surface area contributed by atoms with E-state index < -0.39 is 6.03 Å². The van der Waals surface area contributed by atoms with Crippen LogP contribution < -0.4 is 21.3 Å². The van der Waals surface area contributed by atoms with E-state index in [4.69, 9.17) is 5.73 Å². The highest BCUT2D eigenvalue weighted by atomic mass is 16.2. The predicted octanol–water partition coefficient (Wildman–Crippen LogP) is 0.477. The minimum Gasteiger partial charge on any atom is -0.398 e. The van der Waals surface area contributed by atoms with Gasteiger partial charge in [-0.15, -0.1) is 0 Å². The molecule has 0 saturated heterocycles. The van der Waals surface area contributed by atoms with Crippen molar-refractivity contribution in [2.24, 2.45) is 0 Å². The summed E-state index contributed by atoms with van der Waals surface area (Å²) in [4.78, 5) is 24.8. The van der Waals surface area contributed by atoms with Crippen LogP contribution in [0.4, 0.5) is 16.2 Å². The highest BCUT2D eigenvalue weighted by Crippen LogP contribution is 2.30. The summed E-state index contributed by atoms with van der Waals surface area (Å²) in [5.41, 5.74) is 8.77. The van der Waals surface area contributed by atoms with Gasteiger partial charge >= 0.3 is 6.03 Å². The van der Waals surface area contributed by atoms with Crippen LogP contribution in [0.5, 0.6) is 0 Å². The molecule has 6 heteroatoms. The number of carbonyl (C=O) groups excluding carboxylic acids is 2. The Labute approximate surface area is 112 Å². The first-order chi connectivity index (χ1) is 9.11. The summed E-state index contributed by atoms with van der Waals surface area (Å²) < 4.78 is 0. The maximum absolute atomic E-state index is 11.7. The fourth-order valence-corrected chi connectivity index (χ4v) is 2.29. The van der Waals surface area contributed by atoms with Gasteiger partial charge in [0.25, 0.3) is 0 Å². The lowest BCUT2D eigenvalue weighted by molar-refractivity contribution is -0.118. The standard InChI is InChI=1S/C13H18N4O2/c1-15-13(19)16-12(18)8-17-7-3-4-9-10(14)5-2-6-11(9)17/h2,5-6H,3-4,7-8,14H2,1H3,(H2,15,16,18,19). The average molecular weight is 262 g/mol. The molecule has 19 heavy (non-hydrogen) atoms. The molecule has 102 valence electrons. The lowest BCUT2D eigenvalue weighted by Gasteiger charge is -2.31. The number of fused-ring (bicyclic) bond motifs is 1. The number of amides is 3. The van der Waals surface area contributed by atoms with Gasteiger partial charge < -0.3 is 16.0 Å². The first-order valence-corrected chi connectivity index (χ1v) is 6.25. The van der Waals surface area contributed by atoms with E-state index in [1.807, 2.05) is 23.1 Å². The summed E-state index contributed by atoms with van der Waals surface area (Å²) in [6, 6.07) is 5.21. The summed E-state index contributed by atoms with van der Waals surface area (Å²) in [7, 11) is 1.47. The molecule has 3 amide bonds. The Hall–Kier alpha value is -2.24. The van der Waals surface area contributed by atoms with Gasteiger partial charge in [-0.3, -0.25) is 10.1 Å². The number of nitrogen functional groups attached to an aromatic ring is 1. The molecule has 1 aliphatic heterocycles. The average Bonchev–Trinajstić information content (AvgIpc) is 2.39. The summed E-state index contributed by atoms with van der Waals surface area (Å²) in [6.07, 6.45) is 1.88. The van der Waals surface area contributed by atoms with Crippen molar-refractivity contribution in [3.8, 4) is 0 Å². The van der Waals surface area contributed by atoms with Gasteiger partial charge in [-0.05, 0) is 30.5 Å². The van der Waals surface area contributed by atoms with Crippen molar-refractivity contribution in [3.05, 3.63) is 23.8 Å². The molecule has 2 rings (SSSR count). The number of rotatable bonds is 2. The monoisotopic (exact) mass is 262 g/mol. The van der Waals surface area contributed by atoms with Crippen molar-refractivity contribution in [1.82, 2.24) is 10.6 Å². The van der Waals surface area contributed by atoms with Crippen LogP contribution in [0.2, 0.25) is 0 Å². The topological polar surface area (TPSA) is 87.5 Å². The van der Waals surface area contributed by atoms with Crippen molar-refractivity contribution in [2.75, 3.05) is 30.8 Å². The van der Waals surface area contributed by atoms with Crippen molar-refractivity contribution >= 4 is 23.3 Å². The van der Waals surface area contributed by atoms with E-state index in [0.29, 0.717) is 0 Å². The normalized spacial score (nSPS) is 13.6. The molecule has 4 N–H and O–H groups in total. The first kappa shape index (κ1) is 13.2. The van der Waals surface area contributed by atoms with Gasteiger partial charge in [0.1, 0.15) is 0 Å². The minimum atomic E-state index is -0.491. The van der Waals surface area contributed by atoms with Gasteiger partial charge in [-0.25, -0.2) is 4.79 Å². The zero-order chi connectivity index (χ0) is 13.8. The number of hydrogen-bond donors (Lipinski definition) is 3. The maximum atomic E-state index is 11.7. The number of benzene rings is 1. The van der Waals surface area contributed by atoms with E-state index in [1.54, 1.807) is 0 Å². The van der Waals surface area contributed by atoms with E-state index in [2.05, 4.69) is 10.6 Å². The molecule has 0 saturated carbocycles. The van der Waals surface area contributed by atoms with Gasteiger partial charge in [-0.1, -0.05) is 6.07 Å². The minimum absolute atomic E-state index is 0.157. The smallest absolute Gasteiger partial charge is 0.321 e. The number of hydrogen-bond acceptors (Lipinski definition) is 4. The van der Waals surface area contributed by atoms with E-state index in [0.717, 1.165) is 36.3 Å². The third-order valence-electron chi connectivity index (χ3n) is 3.20. The molecule has 6 nitrogen and oxygen atoms in total. The Kier molecular flexibility index (Phi) is 3.89. The van der Waals surface area contributed by atoms with Crippen LogP contribution in [-0.2, 0) is 11.2 Å². The molecule has 1 aliphatic rings. The number of carbonyl (C=O) groups is 2. The maximum Gasteiger partial charge on any atom is 0.321 e. The molecule has 0 unspecified atom stereocenters. The fraction of sp³-hybridized carbons (Fsp3) is 0.385. The number of imide groups is 1. The summed E-state index contributed by atoms with van der Waals surface area (Å²) >= 11 is 0. The molecule has 0 radical (unpaired) electrons. The van der Waals surface area contributed by atoms with Crippen LogP contribution >= 0.6 is 0 Å². The molecule has 0 bridgehead atoms. The molecule has 1 aromatic carbocycles. The van der Waals surface area contributed by atoms with Crippen LogP contribution in [0, 0.1) is 0 Å². The molecular formula is C13H18N4O2. The van der Waals surface area contributed by atoms with Crippen molar-refractivity contribution in [2.45, 2.75) is 12.8 Å². The van der Waals surface area contributed by atoms with Gasteiger partial charge in [0.15, 0.2) is 0 Å². The van der Waals surface area contributed by atoms with Crippen LogP contribution in [0.25, 0.3) is 0 Å². The van der Waals surface area contributed by atoms with E-state index in [9.17, 15) is 9.59 Å².